The minimum absolute atomic E-state index is 0.446. The number of benzene rings is 1. The van der Waals surface area contributed by atoms with Crippen LogP contribution in [0, 0.1) is 6.92 Å². The molecule has 0 fully saturated rings. The van der Waals surface area contributed by atoms with Gasteiger partial charge in [0.05, 0.1) is 6.54 Å². The van der Waals surface area contributed by atoms with Crippen LogP contribution in [0.2, 0.25) is 0 Å². The van der Waals surface area contributed by atoms with Crippen LogP contribution in [-0.4, -0.2) is 6.04 Å². The first kappa shape index (κ1) is 15.1. The Balaban J connectivity index is 1.93. The predicted octanol–water partition coefficient (Wildman–Crippen LogP) is 4.43. The number of halogens is 1. The summed E-state index contributed by atoms with van der Waals surface area (Å²) in [6, 6.07) is 10.3. The number of aryl methyl sites for hydroxylation is 1. The van der Waals surface area contributed by atoms with Crippen molar-refractivity contribution in [1.29, 1.82) is 0 Å². The molecule has 0 bridgehead atoms. The van der Waals surface area contributed by atoms with Gasteiger partial charge in [0.25, 0.3) is 0 Å². The Morgan fingerprint density at radius 1 is 1.25 bits per heavy atom. The zero-order valence-corrected chi connectivity index (χ0v) is 13.7. The maximum atomic E-state index is 5.81. The third kappa shape index (κ3) is 4.39. The average molecular weight is 338 g/mol. The fourth-order valence-electron chi connectivity index (χ4n) is 1.82. The summed E-state index contributed by atoms with van der Waals surface area (Å²) < 4.78 is 12.6. The third-order valence-electron chi connectivity index (χ3n) is 2.94. The van der Waals surface area contributed by atoms with Crippen molar-refractivity contribution < 1.29 is 9.15 Å². The molecule has 0 spiro atoms. The Hall–Kier alpha value is -1.26. The zero-order chi connectivity index (χ0) is 14.5. The van der Waals surface area contributed by atoms with E-state index in [1.165, 1.54) is 0 Å². The summed E-state index contributed by atoms with van der Waals surface area (Å²) in [6.45, 7) is 7.50. The highest BCUT2D eigenvalue weighted by Gasteiger charge is 2.08. The van der Waals surface area contributed by atoms with Gasteiger partial charge < -0.3 is 14.5 Å². The lowest BCUT2D eigenvalue weighted by Crippen LogP contribution is -2.21. The second kappa shape index (κ2) is 6.95. The van der Waals surface area contributed by atoms with Crippen LogP contribution in [0.1, 0.15) is 30.9 Å². The molecule has 1 aromatic carbocycles. The maximum absolute atomic E-state index is 5.81. The van der Waals surface area contributed by atoms with Gasteiger partial charge in [-0.25, -0.2) is 0 Å². The van der Waals surface area contributed by atoms with Crippen LogP contribution >= 0.6 is 15.9 Å². The molecule has 3 nitrogen and oxygen atoms in total. The second-order valence-corrected chi connectivity index (χ2v) is 6.01. The highest BCUT2D eigenvalue weighted by molar-refractivity contribution is 9.10. The number of hydrogen-bond donors (Lipinski definition) is 1. The molecule has 108 valence electrons. The smallest absolute Gasteiger partial charge is 0.146 e. The maximum Gasteiger partial charge on any atom is 0.146 e. The molecule has 0 aliphatic rings. The zero-order valence-electron chi connectivity index (χ0n) is 12.1. The van der Waals surface area contributed by atoms with Crippen molar-refractivity contribution in [1.82, 2.24) is 5.32 Å². The summed E-state index contributed by atoms with van der Waals surface area (Å²) >= 11 is 3.40. The molecule has 2 rings (SSSR count). The molecule has 0 saturated carbocycles. The van der Waals surface area contributed by atoms with E-state index in [9.17, 15) is 0 Å². The van der Waals surface area contributed by atoms with Crippen LogP contribution in [-0.2, 0) is 13.2 Å². The molecular weight excluding hydrogens is 318 g/mol. The van der Waals surface area contributed by atoms with Crippen LogP contribution in [0.4, 0.5) is 0 Å². The number of nitrogens with one attached hydrogen (secondary N) is 1. The lowest BCUT2D eigenvalue weighted by molar-refractivity contribution is 0.264. The molecule has 0 unspecified atom stereocenters. The molecule has 0 saturated heterocycles. The fraction of sp³-hybridized carbons (Fsp3) is 0.375. The monoisotopic (exact) mass is 337 g/mol. The van der Waals surface area contributed by atoms with E-state index in [0.29, 0.717) is 12.6 Å². The predicted molar refractivity (Wildman–Crippen MR) is 83.9 cm³/mol. The standard InChI is InChI=1S/C16H20BrNO2/c1-11(2)18-9-16-12(3)8-15(20-16)10-19-14-6-4-13(17)5-7-14/h4-8,11,18H,9-10H2,1-3H3. The topological polar surface area (TPSA) is 34.4 Å². The van der Waals surface area contributed by atoms with Crippen molar-refractivity contribution in [2.24, 2.45) is 0 Å². The molecule has 0 aliphatic heterocycles. The fourth-order valence-corrected chi connectivity index (χ4v) is 2.08. The summed E-state index contributed by atoms with van der Waals surface area (Å²) in [6.07, 6.45) is 0. The van der Waals surface area contributed by atoms with E-state index < -0.39 is 0 Å². The molecule has 0 atom stereocenters. The lowest BCUT2D eigenvalue weighted by Gasteiger charge is -2.06. The van der Waals surface area contributed by atoms with Crippen molar-refractivity contribution in [2.45, 2.75) is 40.0 Å². The molecule has 1 N–H and O–H groups in total. The highest BCUT2D eigenvalue weighted by atomic mass is 79.9. The van der Waals surface area contributed by atoms with E-state index in [1.807, 2.05) is 30.3 Å². The number of hydrogen-bond acceptors (Lipinski definition) is 3. The van der Waals surface area contributed by atoms with Gasteiger partial charge in [-0.3, -0.25) is 0 Å². The molecule has 0 aliphatic carbocycles. The van der Waals surface area contributed by atoms with Crippen LogP contribution in [0.15, 0.2) is 39.2 Å². The van der Waals surface area contributed by atoms with E-state index in [1.54, 1.807) is 0 Å². The van der Waals surface area contributed by atoms with Gasteiger partial charge in [0.15, 0.2) is 0 Å². The van der Waals surface area contributed by atoms with Crippen molar-refractivity contribution in [3.8, 4) is 5.75 Å². The lowest BCUT2D eigenvalue weighted by atomic mass is 10.2. The number of furan rings is 1. The Morgan fingerprint density at radius 2 is 1.95 bits per heavy atom. The quantitative estimate of drug-likeness (QED) is 0.846. The Labute approximate surface area is 128 Å². The van der Waals surface area contributed by atoms with E-state index in [0.717, 1.165) is 33.9 Å². The van der Waals surface area contributed by atoms with Gasteiger partial charge in [-0.1, -0.05) is 29.8 Å². The molecule has 20 heavy (non-hydrogen) atoms. The molecular formula is C16H20BrNO2. The van der Waals surface area contributed by atoms with E-state index in [2.05, 4.69) is 42.0 Å². The molecule has 1 aromatic heterocycles. The van der Waals surface area contributed by atoms with E-state index >= 15 is 0 Å². The molecule has 2 aromatic rings. The minimum Gasteiger partial charge on any atom is -0.486 e. The van der Waals surface area contributed by atoms with Crippen LogP contribution < -0.4 is 10.1 Å². The molecule has 0 amide bonds. The van der Waals surface area contributed by atoms with Gasteiger partial charge in [-0.15, -0.1) is 0 Å². The minimum atomic E-state index is 0.446. The van der Waals surface area contributed by atoms with Gasteiger partial charge >= 0.3 is 0 Å². The van der Waals surface area contributed by atoms with Crippen molar-refractivity contribution in [3.05, 3.63) is 51.9 Å². The number of ether oxygens (including phenoxy) is 1. The normalized spacial score (nSPS) is 11.1. The first-order valence-corrected chi connectivity index (χ1v) is 7.54. The number of rotatable bonds is 6. The van der Waals surface area contributed by atoms with Gasteiger partial charge in [-0.05, 0) is 42.8 Å². The summed E-state index contributed by atoms with van der Waals surface area (Å²) in [5, 5.41) is 3.36. The Bertz CT molecular complexity index is 546. The van der Waals surface area contributed by atoms with Gasteiger partial charge in [-0.2, -0.15) is 0 Å². The van der Waals surface area contributed by atoms with E-state index in [-0.39, 0.29) is 0 Å². The van der Waals surface area contributed by atoms with Crippen molar-refractivity contribution in [2.75, 3.05) is 0 Å². The van der Waals surface area contributed by atoms with Crippen LogP contribution in [0.3, 0.4) is 0 Å². The van der Waals surface area contributed by atoms with E-state index in [4.69, 9.17) is 9.15 Å². The first-order chi connectivity index (χ1) is 9.54. The largest absolute Gasteiger partial charge is 0.486 e. The molecule has 4 heteroatoms. The Morgan fingerprint density at radius 3 is 2.60 bits per heavy atom. The van der Waals surface area contributed by atoms with Gasteiger partial charge in [0.1, 0.15) is 23.9 Å². The van der Waals surface area contributed by atoms with Crippen LogP contribution in [0.25, 0.3) is 0 Å². The van der Waals surface area contributed by atoms with Crippen molar-refractivity contribution >= 4 is 15.9 Å². The molecule has 1 heterocycles. The summed E-state index contributed by atoms with van der Waals surface area (Å²) in [5.41, 5.74) is 1.16. The third-order valence-corrected chi connectivity index (χ3v) is 3.47. The SMILES string of the molecule is Cc1cc(COc2ccc(Br)cc2)oc1CNC(C)C. The first-order valence-electron chi connectivity index (χ1n) is 6.74. The summed E-state index contributed by atoms with van der Waals surface area (Å²) in [5.74, 6) is 2.67. The van der Waals surface area contributed by atoms with Crippen LogP contribution in [0.5, 0.6) is 5.75 Å². The van der Waals surface area contributed by atoms with Gasteiger partial charge in [0.2, 0.25) is 0 Å². The van der Waals surface area contributed by atoms with Gasteiger partial charge in [0, 0.05) is 10.5 Å². The highest BCUT2D eigenvalue weighted by Crippen LogP contribution is 2.19. The summed E-state index contributed by atoms with van der Waals surface area (Å²) in [7, 11) is 0. The summed E-state index contributed by atoms with van der Waals surface area (Å²) in [4.78, 5) is 0. The van der Waals surface area contributed by atoms with Crippen molar-refractivity contribution in [3.63, 3.8) is 0 Å². The Kier molecular flexibility index (Phi) is 5.26. The average Bonchev–Trinajstić information content (AvgIpc) is 2.76. The second-order valence-electron chi connectivity index (χ2n) is 5.10. The molecule has 0 radical (unpaired) electrons.